The van der Waals surface area contributed by atoms with Gasteiger partial charge in [-0.15, -0.1) is 0 Å². The molecule has 0 aliphatic carbocycles. The van der Waals surface area contributed by atoms with Gasteiger partial charge in [0.2, 0.25) is 5.95 Å². The number of anilines is 2. The van der Waals surface area contributed by atoms with Crippen LogP contribution in [0.1, 0.15) is 21.6 Å². The van der Waals surface area contributed by atoms with Gasteiger partial charge in [-0.3, -0.25) is 4.79 Å². The molecule has 138 valence electrons. The number of nitrogen functional groups attached to an aromatic ring is 1. The summed E-state index contributed by atoms with van der Waals surface area (Å²) in [6.07, 6.45) is 0. The van der Waals surface area contributed by atoms with Crippen LogP contribution in [0, 0.1) is 19.1 Å². The molecule has 0 aliphatic heterocycles. The summed E-state index contributed by atoms with van der Waals surface area (Å²) >= 11 is 0. The number of aryl methyl sites for hydroxylation is 2. The minimum atomic E-state index is -1.02. The first-order valence-electron chi connectivity index (χ1n) is 8.20. The number of hydrogen-bond donors (Lipinski definition) is 4. The maximum atomic E-state index is 12.6. The van der Waals surface area contributed by atoms with Crippen LogP contribution < -0.4 is 16.3 Å². The molecule has 8 heteroatoms. The summed E-state index contributed by atoms with van der Waals surface area (Å²) in [5.41, 5.74) is 9.77. The van der Waals surface area contributed by atoms with Crippen molar-refractivity contribution in [3.05, 3.63) is 70.6 Å². The molecule has 1 atom stereocenters. The van der Waals surface area contributed by atoms with Gasteiger partial charge in [-0.2, -0.15) is 5.23 Å². The molecule has 0 fully saturated rings. The number of aromatic nitrogens is 2. The highest BCUT2D eigenvalue weighted by atomic mass is 16.8. The van der Waals surface area contributed by atoms with E-state index in [4.69, 9.17) is 10.9 Å². The Morgan fingerprint density at radius 1 is 1.11 bits per heavy atom. The molecule has 0 saturated heterocycles. The zero-order valence-corrected chi connectivity index (χ0v) is 14.9. The zero-order chi connectivity index (χ0) is 19.6. The number of nitrogens with one attached hydrogen (secondary N) is 2. The Morgan fingerprint density at radius 2 is 1.81 bits per heavy atom. The summed E-state index contributed by atoms with van der Waals surface area (Å²) in [6.45, 7) is 3.84. The predicted octanol–water partition coefficient (Wildman–Crippen LogP) is 2.00. The van der Waals surface area contributed by atoms with E-state index in [1.165, 1.54) is 18.2 Å². The molecule has 2 aromatic carbocycles. The molecule has 8 nitrogen and oxygen atoms in total. The molecule has 0 bridgehead atoms. The molecule has 0 radical (unpaired) electrons. The topological polar surface area (TPSA) is 129 Å². The first kappa shape index (κ1) is 18.5. The van der Waals surface area contributed by atoms with Crippen LogP contribution in [-0.2, 0) is 0 Å². The largest absolute Gasteiger partial charge is 0.595 e. The van der Waals surface area contributed by atoms with E-state index in [9.17, 15) is 10.0 Å². The van der Waals surface area contributed by atoms with Crippen LogP contribution in [-0.4, -0.2) is 21.1 Å². The van der Waals surface area contributed by atoms with Gasteiger partial charge in [0.1, 0.15) is 5.69 Å². The summed E-state index contributed by atoms with van der Waals surface area (Å²) in [5.74, 6) is -0.442. The van der Waals surface area contributed by atoms with Gasteiger partial charge >= 0.3 is 0 Å². The minimum Gasteiger partial charge on any atom is -0.595 e. The Hall–Kier alpha value is -3.33. The zero-order valence-electron chi connectivity index (χ0n) is 14.9. The van der Waals surface area contributed by atoms with E-state index in [-0.39, 0.29) is 17.3 Å². The van der Waals surface area contributed by atoms with Crippen molar-refractivity contribution in [2.24, 2.45) is 0 Å². The first-order valence-corrected chi connectivity index (χ1v) is 8.20. The SMILES string of the molecule is Cc1ccc(C)c(NC(=O)c2cc(-c3ccc([NH+]([O-])O)cc3)nc(N)n2)c1. The molecule has 1 aromatic heterocycles. The number of benzene rings is 2. The fraction of sp³-hybridized carbons (Fsp3) is 0.105. The monoisotopic (exact) mass is 365 g/mol. The van der Waals surface area contributed by atoms with Crippen molar-refractivity contribution in [2.75, 3.05) is 11.1 Å². The Balaban J connectivity index is 1.90. The first-order chi connectivity index (χ1) is 12.8. The van der Waals surface area contributed by atoms with Crippen molar-refractivity contribution in [2.45, 2.75) is 13.8 Å². The minimum absolute atomic E-state index is 0.0408. The quantitative estimate of drug-likeness (QED) is 0.524. The highest BCUT2D eigenvalue weighted by Gasteiger charge is 2.14. The molecule has 27 heavy (non-hydrogen) atoms. The van der Waals surface area contributed by atoms with Crippen molar-refractivity contribution in [3.63, 3.8) is 0 Å². The Morgan fingerprint density at radius 3 is 2.48 bits per heavy atom. The number of quaternary nitrogens is 1. The third-order valence-electron chi connectivity index (χ3n) is 4.04. The van der Waals surface area contributed by atoms with Crippen LogP contribution in [0.15, 0.2) is 48.5 Å². The van der Waals surface area contributed by atoms with Crippen molar-refractivity contribution in [1.82, 2.24) is 9.97 Å². The molecule has 1 unspecified atom stereocenters. The second-order valence-electron chi connectivity index (χ2n) is 6.15. The lowest BCUT2D eigenvalue weighted by molar-refractivity contribution is -0.991. The molecule has 1 amide bonds. The lowest BCUT2D eigenvalue weighted by Gasteiger charge is -2.12. The summed E-state index contributed by atoms with van der Waals surface area (Å²) in [5, 5.41) is 21.8. The van der Waals surface area contributed by atoms with Gasteiger partial charge in [-0.25, -0.2) is 15.2 Å². The standard InChI is InChI=1S/C19H19N5O3/c1-11-3-4-12(2)15(9-11)21-18(25)17-10-16(22-19(20)23-17)13-5-7-14(8-6-13)24(26)27/h3-10,24,26H,1-2H3,(H,21,25)(H2,20,22,23). The van der Waals surface area contributed by atoms with Crippen LogP contribution in [0.25, 0.3) is 11.3 Å². The number of carbonyl (C=O) groups excluding carboxylic acids is 1. The Kier molecular flexibility index (Phi) is 5.13. The average molecular weight is 365 g/mol. The van der Waals surface area contributed by atoms with Crippen LogP contribution in [0.3, 0.4) is 0 Å². The molecule has 1 heterocycles. The van der Waals surface area contributed by atoms with Gasteiger partial charge in [0.15, 0.2) is 5.69 Å². The van der Waals surface area contributed by atoms with Crippen LogP contribution in [0.4, 0.5) is 17.3 Å². The third kappa shape index (κ3) is 4.26. The molecule has 3 aromatic rings. The maximum absolute atomic E-state index is 12.6. The van der Waals surface area contributed by atoms with Crippen molar-refractivity contribution < 1.29 is 15.2 Å². The fourth-order valence-electron chi connectivity index (χ4n) is 2.57. The highest BCUT2D eigenvalue weighted by Crippen LogP contribution is 2.21. The number of nitrogens with two attached hydrogens (primary N) is 1. The average Bonchev–Trinajstić information content (AvgIpc) is 2.64. The predicted molar refractivity (Wildman–Crippen MR) is 102 cm³/mol. The van der Waals surface area contributed by atoms with Gasteiger partial charge in [0, 0.05) is 23.4 Å². The van der Waals surface area contributed by atoms with Crippen molar-refractivity contribution in [1.29, 1.82) is 0 Å². The van der Waals surface area contributed by atoms with Gasteiger partial charge in [-0.05, 0) is 49.2 Å². The van der Waals surface area contributed by atoms with Gasteiger partial charge < -0.3 is 16.3 Å². The molecule has 3 rings (SSSR count). The van der Waals surface area contributed by atoms with Gasteiger partial charge in [0.05, 0.1) is 5.69 Å². The van der Waals surface area contributed by atoms with E-state index in [0.717, 1.165) is 11.1 Å². The third-order valence-corrected chi connectivity index (χ3v) is 4.04. The van der Waals surface area contributed by atoms with Crippen molar-refractivity contribution >= 4 is 23.2 Å². The normalized spacial score (nSPS) is 11.9. The van der Waals surface area contributed by atoms with Crippen LogP contribution in [0.2, 0.25) is 0 Å². The van der Waals surface area contributed by atoms with E-state index in [1.54, 1.807) is 12.1 Å². The summed E-state index contributed by atoms with van der Waals surface area (Å²) in [4.78, 5) is 20.8. The molecule has 0 saturated carbocycles. The molecule has 5 N–H and O–H groups in total. The molecular formula is C19H19N5O3. The van der Waals surface area contributed by atoms with Crippen LogP contribution in [0.5, 0.6) is 0 Å². The number of hydrogen-bond acceptors (Lipinski definition) is 6. The highest BCUT2D eigenvalue weighted by molar-refractivity contribution is 6.04. The lowest BCUT2D eigenvalue weighted by atomic mass is 10.1. The van der Waals surface area contributed by atoms with E-state index < -0.39 is 11.1 Å². The second-order valence-corrected chi connectivity index (χ2v) is 6.15. The fourth-order valence-corrected chi connectivity index (χ4v) is 2.57. The smallest absolute Gasteiger partial charge is 0.274 e. The van der Waals surface area contributed by atoms with E-state index in [1.807, 2.05) is 32.0 Å². The van der Waals surface area contributed by atoms with E-state index >= 15 is 0 Å². The van der Waals surface area contributed by atoms with Gasteiger partial charge in [-0.1, -0.05) is 12.1 Å². The molecule has 0 spiro atoms. The summed E-state index contributed by atoms with van der Waals surface area (Å²) in [6, 6.07) is 13.4. The number of rotatable bonds is 4. The summed E-state index contributed by atoms with van der Waals surface area (Å²) < 4.78 is 0. The number of carbonyl (C=O) groups is 1. The van der Waals surface area contributed by atoms with Crippen LogP contribution >= 0.6 is 0 Å². The maximum Gasteiger partial charge on any atom is 0.274 e. The molecule has 0 aliphatic rings. The lowest BCUT2D eigenvalue weighted by Crippen LogP contribution is -2.99. The van der Waals surface area contributed by atoms with Gasteiger partial charge in [0.25, 0.3) is 5.91 Å². The molecular weight excluding hydrogens is 346 g/mol. The summed E-state index contributed by atoms with van der Waals surface area (Å²) in [7, 11) is 0. The Labute approximate surface area is 155 Å². The second kappa shape index (κ2) is 7.50. The Bertz CT molecular complexity index is 987. The van der Waals surface area contributed by atoms with Crippen molar-refractivity contribution in [3.8, 4) is 11.3 Å². The van der Waals surface area contributed by atoms with E-state index in [2.05, 4.69) is 15.3 Å². The van der Waals surface area contributed by atoms with E-state index in [0.29, 0.717) is 16.9 Å². The number of nitrogens with zero attached hydrogens (tertiary/aromatic N) is 2. The number of amides is 1.